The average Bonchev–Trinajstić information content (AvgIpc) is 2.40. The molecule has 0 saturated heterocycles. The molecular formula is C16H20FN3O2. The van der Waals surface area contributed by atoms with Crippen molar-refractivity contribution in [3.63, 3.8) is 0 Å². The summed E-state index contributed by atoms with van der Waals surface area (Å²) in [4.78, 5) is 23.8. The molecule has 22 heavy (non-hydrogen) atoms. The number of nitrogens with zero attached hydrogens (tertiary/aromatic N) is 2. The zero-order valence-electron chi connectivity index (χ0n) is 13.0. The highest BCUT2D eigenvalue weighted by molar-refractivity contribution is 6.04. The summed E-state index contributed by atoms with van der Waals surface area (Å²) in [7, 11) is 0. The number of hydrogen-bond acceptors (Lipinski definition) is 3. The summed E-state index contributed by atoms with van der Waals surface area (Å²) in [6.07, 6.45) is 0.779. The van der Waals surface area contributed by atoms with Crippen LogP contribution in [-0.2, 0) is 9.59 Å². The van der Waals surface area contributed by atoms with Crippen molar-refractivity contribution in [3.05, 3.63) is 35.6 Å². The van der Waals surface area contributed by atoms with Crippen molar-refractivity contribution in [1.82, 2.24) is 10.3 Å². The number of nitrogens with one attached hydrogen (secondary N) is 1. The lowest BCUT2D eigenvalue weighted by Crippen LogP contribution is -2.47. The van der Waals surface area contributed by atoms with Gasteiger partial charge in [-0.15, -0.1) is 0 Å². The van der Waals surface area contributed by atoms with E-state index in [1.807, 2.05) is 20.8 Å². The van der Waals surface area contributed by atoms with Crippen LogP contribution in [0.3, 0.4) is 0 Å². The summed E-state index contributed by atoms with van der Waals surface area (Å²) in [5.41, 5.74) is 1.08. The second-order valence-corrected chi connectivity index (χ2v) is 6.30. The van der Waals surface area contributed by atoms with E-state index in [-0.39, 0.29) is 29.7 Å². The minimum absolute atomic E-state index is 0.110. The number of benzene rings is 1. The number of rotatable bonds is 3. The minimum Gasteiger partial charge on any atom is -0.350 e. The first-order valence-electron chi connectivity index (χ1n) is 7.19. The molecule has 1 aromatic rings. The van der Waals surface area contributed by atoms with Gasteiger partial charge in [0.25, 0.3) is 0 Å². The monoisotopic (exact) mass is 305 g/mol. The molecule has 118 valence electrons. The maximum absolute atomic E-state index is 13.0. The maximum Gasteiger partial charge on any atom is 0.243 e. The minimum atomic E-state index is -0.362. The summed E-state index contributed by atoms with van der Waals surface area (Å²) >= 11 is 0. The molecule has 0 bridgehead atoms. The molecule has 1 aliphatic heterocycles. The van der Waals surface area contributed by atoms with Crippen LogP contribution in [0.15, 0.2) is 29.4 Å². The molecule has 1 aliphatic rings. The Kier molecular flexibility index (Phi) is 4.59. The molecule has 6 heteroatoms. The van der Waals surface area contributed by atoms with Crippen LogP contribution < -0.4 is 5.32 Å². The number of amides is 2. The van der Waals surface area contributed by atoms with Crippen molar-refractivity contribution in [2.24, 2.45) is 5.10 Å². The van der Waals surface area contributed by atoms with Gasteiger partial charge in [0.05, 0.1) is 5.71 Å². The largest absolute Gasteiger partial charge is 0.350 e. The van der Waals surface area contributed by atoms with Gasteiger partial charge in [0.1, 0.15) is 12.4 Å². The Hall–Kier alpha value is -2.24. The van der Waals surface area contributed by atoms with Crippen LogP contribution in [0.1, 0.15) is 39.2 Å². The quantitative estimate of drug-likeness (QED) is 0.929. The number of hydrazone groups is 1. The molecule has 1 heterocycles. The molecule has 0 aromatic heterocycles. The molecule has 2 rings (SSSR count). The normalized spacial score (nSPS) is 15.5. The third-order valence-electron chi connectivity index (χ3n) is 3.09. The Bertz CT molecular complexity index is 603. The van der Waals surface area contributed by atoms with E-state index in [4.69, 9.17) is 0 Å². The van der Waals surface area contributed by atoms with Gasteiger partial charge >= 0.3 is 0 Å². The molecule has 0 fully saturated rings. The van der Waals surface area contributed by atoms with Crippen molar-refractivity contribution in [2.45, 2.75) is 39.2 Å². The molecule has 0 aliphatic carbocycles. The lowest BCUT2D eigenvalue weighted by atomic mass is 10.0. The SMILES string of the molecule is CC(C)(C)NC(=O)CN1N=C(c2ccc(F)cc2)CCC1=O. The fourth-order valence-electron chi connectivity index (χ4n) is 2.17. The van der Waals surface area contributed by atoms with E-state index in [1.54, 1.807) is 12.1 Å². The van der Waals surface area contributed by atoms with Crippen LogP contribution in [0.2, 0.25) is 0 Å². The van der Waals surface area contributed by atoms with Gasteiger partial charge in [0.2, 0.25) is 11.8 Å². The molecular weight excluding hydrogens is 285 g/mol. The van der Waals surface area contributed by atoms with E-state index in [0.29, 0.717) is 18.6 Å². The van der Waals surface area contributed by atoms with Crippen LogP contribution in [0.4, 0.5) is 4.39 Å². The molecule has 0 saturated carbocycles. The third-order valence-corrected chi connectivity index (χ3v) is 3.09. The smallest absolute Gasteiger partial charge is 0.243 e. The van der Waals surface area contributed by atoms with E-state index in [9.17, 15) is 14.0 Å². The van der Waals surface area contributed by atoms with Gasteiger partial charge in [-0.1, -0.05) is 12.1 Å². The van der Waals surface area contributed by atoms with E-state index in [2.05, 4.69) is 10.4 Å². The van der Waals surface area contributed by atoms with Crippen molar-refractivity contribution in [3.8, 4) is 0 Å². The van der Waals surface area contributed by atoms with Gasteiger partial charge in [0, 0.05) is 18.4 Å². The topological polar surface area (TPSA) is 61.8 Å². The van der Waals surface area contributed by atoms with Gasteiger partial charge in [-0.25, -0.2) is 9.40 Å². The number of halogens is 1. The van der Waals surface area contributed by atoms with Crippen molar-refractivity contribution in [1.29, 1.82) is 0 Å². The second kappa shape index (κ2) is 6.25. The highest BCUT2D eigenvalue weighted by Crippen LogP contribution is 2.15. The van der Waals surface area contributed by atoms with E-state index >= 15 is 0 Å². The van der Waals surface area contributed by atoms with Crippen molar-refractivity contribution < 1.29 is 14.0 Å². The van der Waals surface area contributed by atoms with Gasteiger partial charge in [0.15, 0.2) is 0 Å². The average molecular weight is 305 g/mol. The lowest BCUT2D eigenvalue weighted by Gasteiger charge is -2.26. The second-order valence-electron chi connectivity index (χ2n) is 6.30. The number of carbonyl (C=O) groups is 2. The summed E-state index contributed by atoms with van der Waals surface area (Å²) < 4.78 is 13.0. The van der Waals surface area contributed by atoms with Gasteiger partial charge in [-0.05, 0) is 38.5 Å². The van der Waals surface area contributed by atoms with Gasteiger partial charge < -0.3 is 5.32 Å². The van der Waals surface area contributed by atoms with Crippen LogP contribution in [0.5, 0.6) is 0 Å². The van der Waals surface area contributed by atoms with E-state index < -0.39 is 0 Å². The van der Waals surface area contributed by atoms with Gasteiger partial charge in [-0.2, -0.15) is 5.10 Å². The Morgan fingerprint density at radius 2 is 1.91 bits per heavy atom. The molecule has 5 nitrogen and oxygen atoms in total. The highest BCUT2D eigenvalue weighted by atomic mass is 19.1. The first kappa shape index (κ1) is 16.1. The predicted molar refractivity (Wildman–Crippen MR) is 81.8 cm³/mol. The lowest BCUT2D eigenvalue weighted by molar-refractivity contribution is -0.137. The van der Waals surface area contributed by atoms with Gasteiger partial charge in [-0.3, -0.25) is 9.59 Å². The zero-order valence-corrected chi connectivity index (χ0v) is 13.0. The zero-order chi connectivity index (χ0) is 16.3. The molecule has 2 amide bonds. The van der Waals surface area contributed by atoms with Crippen LogP contribution in [0, 0.1) is 5.82 Å². The van der Waals surface area contributed by atoms with E-state index in [1.165, 1.54) is 17.1 Å². The predicted octanol–water partition coefficient (Wildman–Crippen LogP) is 2.07. The fraction of sp³-hybridized carbons (Fsp3) is 0.438. The highest BCUT2D eigenvalue weighted by Gasteiger charge is 2.24. The standard InChI is InChI=1S/C16H20FN3O2/c1-16(2,3)18-14(21)10-20-15(22)9-8-13(19-20)11-4-6-12(17)7-5-11/h4-7H,8-10H2,1-3H3,(H,18,21). The Morgan fingerprint density at radius 1 is 1.27 bits per heavy atom. The van der Waals surface area contributed by atoms with Crippen molar-refractivity contribution in [2.75, 3.05) is 6.54 Å². The number of hydrogen-bond donors (Lipinski definition) is 1. The summed E-state index contributed by atoms with van der Waals surface area (Å²) in [5.74, 6) is -0.766. The molecule has 0 radical (unpaired) electrons. The summed E-state index contributed by atoms with van der Waals surface area (Å²) in [5, 5.41) is 8.23. The first-order valence-corrected chi connectivity index (χ1v) is 7.19. The Labute approximate surface area is 129 Å². The number of carbonyl (C=O) groups excluding carboxylic acids is 2. The molecule has 1 N–H and O–H groups in total. The van der Waals surface area contributed by atoms with Crippen LogP contribution in [-0.4, -0.2) is 34.6 Å². The molecule has 0 atom stereocenters. The Balaban J connectivity index is 2.12. The Morgan fingerprint density at radius 3 is 2.50 bits per heavy atom. The van der Waals surface area contributed by atoms with E-state index in [0.717, 1.165) is 5.56 Å². The molecule has 1 aromatic carbocycles. The summed E-state index contributed by atoms with van der Waals surface area (Å²) in [6.45, 7) is 5.50. The first-order chi connectivity index (χ1) is 10.2. The fourth-order valence-corrected chi connectivity index (χ4v) is 2.17. The summed E-state index contributed by atoms with van der Waals surface area (Å²) in [6, 6.07) is 5.95. The third kappa shape index (κ3) is 4.38. The van der Waals surface area contributed by atoms with Crippen molar-refractivity contribution >= 4 is 17.5 Å². The van der Waals surface area contributed by atoms with Crippen LogP contribution in [0.25, 0.3) is 0 Å². The molecule has 0 spiro atoms. The molecule has 0 unspecified atom stereocenters. The maximum atomic E-state index is 13.0. The van der Waals surface area contributed by atoms with Crippen LogP contribution >= 0.6 is 0 Å².